The van der Waals surface area contributed by atoms with Crippen molar-refractivity contribution < 1.29 is 5.11 Å². The molecule has 1 fully saturated rings. The SMILES string of the molecule is CCNc1cncc(N2CCN(CC(C)(C)O)CC2)c1. The van der Waals surface area contributed by atoms with Gasteiger partial charge < -0.3 is 15.3 Å². The van der Waals surface area contributed by atoms with Crippen molar-refractivity contribution >= 4 is 11.4 Å². The molecule has 0 atom stereocenters. The molecular weight excluding hydrogens is 252 g/mol. The second-order valence-electron chi connectivity index (χ2n) is 6.04. The van der Waals surface area contributed by atoms with Crippen LogP contribution in [0.25, 0.3) is 0 Å². The molecule has 112 valence electrons. The van der Waals surface area contributed by atoms with Crippen molar-refractivity contribution in [1.29, 1.82) is 0 Å². The Balaban J connectivity index is 1.92. The zero-order valence-corrected chi connectivity index (χ0v) is 12.8. The Morgan fingerprint density at radius 3 is 2.55 bits per heavy atom. The predicted molar refractivity (Wildman–Crippen MR) is 83.4 cm³/mol. The molecule has 20 heavy (non-hydrogen) atoms. The molecule has 0 amide bonds. The lowest BCUT2D eigenvalue weighted by Crippen LogP contribution is -2.50. The molecule has 5 heteroatoms. The first-order valence-corrected chi connectivity index (χ1v) is 7.36. The Hall–Kier alpha value is -1.33. The van der Waals surface area contributed by atoms with Crippen LogP contribution in [0.4, 0.5) is 11.4 Å². The number of aromatic nitrogens is 1. The van der Waals surface area contributed by atoms with Gasteiger partial charge in [-0.1, -0.05) is 0 Å². The molecule has 0 spiro atoms. The van der Waals surface area contributed by atoms with Crippen LogP contribution in [0.15, 0.2) is 18.5 Å². The fraction of sp³-hybridized carbons (Fsp3) is 0.667. The molecule has 0 aliphatic carbocycles. The minimum atomic E-state index is -0.616. The quantitative estimate of drug-likeness (QED) is 0.853. The van der Waals surface area contributed by atoms with Gasteiger partial charge >= 0.3 is 0 Å². The maximum absolute atomic E-state index is 9.87. The number of anilines is 2. The van der Waals surface area contributed by atoms with Gasteiger partial charge in [-0.05, 0) is 26.8 Å². The van der Waals surface area contributed by atoms with Crippen LogP contribution in [-0.2, 0) is 0 Å². The van der Waals surface area contributed by atoms with Crippen LogP contribution in [0.1, 0.15) is 20.8 Å². The van der Waals surface area contributed by atoms with Gasteiger partial charge in [0, 0.05) is 39.3 Å². The van der Waals surface area contributed by atoms with Crippen molar-refractivity contribution in [1.82, 2.24) is 9.88 Å². The third-order valence-electron chi connectivity index (χ3n) is 3.45. The molecule has 1 aromatic rings. The van der Waals surface area contributed by atoms with E-state index in [1.54, 1.807) is 0 Å². The van der Waals surface area contributed by atoms with Gasteiger partial charge in [-0.15, -0.1) is 0 Å². The molecular formula is C15H26N4O. The van der Waals surface area contributed by atoms with Crippen molar-refractivity contribution in [2.45, 2.75) is 26.4 Å². The molecule has 0 radical (unpaired) electrons. The summed E-state index contributed by atoms with van der Waals surface area (Å²) in [4.78, 5) is 8.97. The van der Waals surface area contributed by atoms with E-state index in [9.17, 15) is 5.11 Å². The second kappa shape index (κ2) is 6.41. The Morgan fingerprint density at radius 1 is 1.25 bits per heavy atom. The van der Waals surface area contributed by atoms with Gasteiger partial charge in [0.25, 0.3) is 0 Å². The van der Waals surface area contributed by atoms with E-state index in [2.05, 4.69) is 33.1 Å². The van der Waals surface area contributed by atoms with Gasteiger partial charge in [0.05, 0.1) is 29.4 Å². The number of rotatable bonds is 5. The number of nitrogens with one attached hydrogen (secondary N) is 1. The van der Waals surface area contributed by atoms with Crippen LogP contribution in [-0.4, -0.2) is 59.9 Å². The molecule has 0 aromatic carbocycles. The third kappa shape index (κ3) is 4.35. The van der Waals surface area contributed by atoms with Crippen LogP contribution >= 0.6 is 0 Å². The van der Waals surface area contributed by atoms with Crippen LogP contribution in [0.5, 0.6) is 0 Å². The molecule has 2 N–H and O–H groups in total. The van der Waals surface area contributed by atoms with E-state index in [0.29, 0.717) is 0 Å². The lowest BCUT2D eigenvalue weighted by molar-refractivity contribution is 0.0345. The molecule has 0 unspecified atom stereocenters. The molecule has 1 aliphatic heterocycles. The Morgan fingerprint density at radius 2 is 1.95 bits per heavy atom. The van der Waals surface area contributed by atoms with Crippen LogP contribution in [0.3, 0.4) is 0 Å². The van der Waals surface area contributed by atoms with Crippen LogP contribution in [0, 0.1) is 0 Å². The first kappa shape index (κ1) is 15.1. The van der Waals surface area contributed by atoms with Crippen molar-refractivity contribution in [2.75, 3.05) is 49.5 Å². The summed E-state index contributed by atoms with van der Waals surface area (Å²) >= 11 is 0. The van der Waals surface area contributed by atoms with E-state index >= 15 is 0 Å². The second-order valence-corrected chi connectivity index (χ2v) is 6.04. The average molecular weight is 278 g/mol. The minimum Gasteiger partial charge on any atom is -0.389 e. The summed E-state index contributed by atoms with van der Waals surface area (Å²) in [6.45, 7) is 11.4. The molecule has 5 nitrogen and oxygen atoms in total. The lowest BCUT2D eigenvalue weighted by atomic mass is 10.1. The van der Waals surface area contributed by atoms with E-state index < -0.39 is 5.60 Å². The molecule has 0 saturated carbocycles. The first-order valence-electron chi connectivity index (χ1n) is 7.36. The topological polar surface area (TPSA) is 51.6 Å². The van der Waals surface area contributed by atoms with Gasteiger partial charge in [0.15, 0.2) is 0 Å². The molecule has 1 aliphatic rings. The Labute approximate surface area is 121 Å². The molecule has 2 rings (SSSR count). The predicted octanol–water partition coefficient (Wildman–Crippen LogP) is 1.41. The summed E-state index contributed by atoms with van der Waals surface area (Å²) in [5.74, 6) is 0. The largest absolute Gasteiger partial charge is 0.389 e. The zero-order valence-electron chi connectivity index (χ0n) is 12.8. The fourth-order valence-corrected chi connectivity index (χ4v) is 2.61. The number of hydrogen-bond donors (Lipinski definition) is 2. The highest BCUT2D eigenvalue weighted by Crippen LogP contribution is 2.19. The van der Waals surface area contributed by atoms with E-state index in [-0.39, 0.29) is 0 Å². The number of hydrogen-bond acceptors (Lipinski definition) is 5. The van der Waals surface area contributed by atoms with E-state index in [1.165, 1.54) is 5.69 Å². The summed E-state index contributed by atoms with van der Waals surface area (Å²) < 4.78 is 0. The van der Waals surface area contributed by atoms with Gasteiger partial charge in [-0.2, -0.15) is 0 Å². The van der Waals surface area contributed by atoms with Crippen molar-refractivity contribution in [3.05, 3.63) is 18.5 Å². The number of piperazine rings is 1. The average Bonchev–Trinajstić information content (AvgIpc) is 2.38. The number of nitrogens with zero attached hydrogens (tertiary/aromatic N) is 3. The maximum Gasteiger partial charge on any atom is 0.0718 e. The number of pyridine rings is 1. The van der Waals surface area contributed by atoms with Crippen molar-refractivity contribution in [3.63, 3.8) is 0 Å². The van der Waals surface area contributed by atoms with Gasteiger partial charge in [0.2, 0.25) is 0 Å². The lowest BCUT2D eigenvalue weighted by Gasteiger charge is -2.38. The molecule has 1 saturated heterocycles. The van der Waals surface area contributed by atoms with E-state index in [4.69, 9.17) is 0 Å². The summed E-state index contributed by atoms with van der Waals surface area (Å²) in [7, 11) is 0. The Kier molecular flexibility index (Phi) is 4.83. The number of aliphatic hydroxyl groups is 1. The summed E-state index contributed by atoms with van der Waals surface area (Å²) in [5, 5.41) is 13.2. The first-order chi connectivity index (χ1) is 9.48. The number of β-amino-alcohol motifs (C(OH)–C–C–N with tert-alkyl or cyclic N) is 1. The molecule has 2 heterocycles. The Bertz CT molecular complexity index is 422. The smallest absolute Gasteiger partial charge is 0.0718 e. The van der Waals surface area contributed by atoms with E-state index in [0.717, 1.165) is 45.0 Å². The molecule has 1 aromatic heterocycles. The monoisotopic (exact) mass is 278 g/mol. The highest BCUT2D eigenvalue weighted by atomic mass is 16.3. The van der Waals surface area contributed by atoms with Crippen LogP contribution in [0.2, 0.25) is 0 Å². The maximum atomic E-state index is 9.87. The van der Waals surface area contributed by atoms with Gasteiger partial charge in [0.1, 0.15) is 0 Å². The molecule has 0 bridgehead atoms. The van der Waals surface area contributed by atoms with E-state index in [1.807, 2.05) is 26.2 Å². The van der Waals surface area contributed by atoms with Gasteiger partial charge in [-0.3, -0.25) is 9.88 Å². The third-order valence-corrected chi connectivity index (χ3v) is 3.45. The highest BCUT2D eigenvalue weighted by Gasteiger charge is 2.22. The standard InChI is InChI=1S/C15H26N4O/c1-4-17-13-9-14(11-16-10-13)19-7-5-18(6-8-19)12-15(2,3)20/h9-11,17,20H,4-8,12H2,1-3H3. The normalized spacial score (nSPS) is 17.3. The van der Waals surface area contributed by atoms with Crippen molar-refractivity contribution in [2.24, 2.45) is 0 Å². The van der Waals surface area contributed by atoms with Gasteiger partial charge in [-0.25, -0.2) is 0 Å². The highest BCUT2D eigenvalue weighted by molar-refractivity contribution is 5.55. The summed E-state index contributed by atoms with van der Waals surface area (Å²) in [6, 6.07) is 2.15. The minimum absolute atomic E-state index is 0.616. The summed E-state index contributed by atoms with van der Waals surface area (Å²) in [6.07, 6.45) is 3.78. The zero-order chi connectivity index (χ0) is 14.6. The summed E-state index contributed by atoms with van der Waals surface area (Å²) in [5.41, 5.74) is 1.63. The fourth-order valence-electron chi connectivity index (χ4n) is 2.61. The van der Waals surface area contributed by atoms with Crippen LogP contribution < -0.4 is 10.2 Å². The van der Waals surface area contributed by atoms with Crippen molar-refractivity contribution in [3.8, 4) is 0 Å².